The highest BCUT2D eigenvalue weighted by atomic mass is 16.5. The molecule has 2 saturated carbocycles. The van der Waals surface area contributed by atoms with Crippen LogP contribution < -0.4 is 26.2 Å². The van der Waals surface area contributed by atoms with Gasteiger partial charge in [0, 0.05) is 36.1 Å². The number of carbonyl (C=O) groups excluding carboxylic acids is 1. The molecule has 2 aliphatic rings. The number of benzene rings is 2. The summed E-state index contributed by atoms with van der Waals surface area (Å²) in [7, 11) is 1.78. The van der Waals surface area contributed by atoms with Crippen molar-refractivity contribution < 1.29 is 14.6 Å². The molecule has 9 nitrogen and oxygen atoms in total. The van der Waals surface area contributed by atoms with Crippen molar-refractivity contribution in [3.8, 4) is 11.4 Å². The van der Waals surface area contributed by atoms with Crippen molar-refractivity contribution in [3.05, 3.63) is 81.9 Å². The quantitative estimate of drug-likeness (QED) is 0.318. The molecular formula is C28H33N5O4. The number of carbonyl (C=O) groups is 1. The average molecular weight is 504 g/mol. The third-order valence-corrected chi connectivity index (χ3v) is 6.87. The lowest BCUT2D eigenvalue weighted by Gasteiger charge is -2.23. The van der Waals surface area contributed by atoms with Gasteiger partial charge in [-0.15, -0.1) is 0 Å². The van der Waals surface area contributed by atoms with Crippen molar-refractivity contribution >= 4 is 11.7 Å². The van der Waals surface area contributed by atoms with Gasteiger partial charge in [-0.1, -0.05) is 24.3 Å². The Morgan fingerprint density at radius 3 is 2.76 bits per heavy atom. The number of amides is 1. The minimum absolute atomic E-state index is 0.127. The van der Waals surface area contributed by atoms with Crippen LogP contribution in [0, 0.1) is 6.92 Å². The summed E-state index contributed by atoms with van der Waals surface area (Å²) in [5.41, 5.74) is 2.21. The van der Waals surface area contributed by atoms with Crippen molar-refractivity contribution in [3.63, 3.8) is 0 Å². The Morgan fingerprint density at radius 2 is 2.03 bits per heavy atom. The topological polar surface area (TPSA) is 118 Å². The number of aromatic nitrogens is 2. The Hall–Kier alpha value is -3.69. The zero-order valence-corrected chi connectivity index (χ0v) is 21.2. The molecule has 3 aromatic rings. The molecule has 4 N–H and O–H groups in total. The van der Waals surface area contributed by atoms with E-state index >= 15 is 0 Å². The van der Waals surface area contributed by atoms with Crippen LogP contribution in [0.25, 0.3) is 5.69 Å². The zero-order valence-electron chi connectivity index (χ0n) is 21.2. The number of hydrogen-bond acceptors (Lipinski definition) is 7. The number of ether oxygens (including phenoxy) is 1. The first kappa shape index (κ1) is 25.0. The highest BCUT2D eigenvalue weighted by Gasteiger charge is 2.47. The third kappa shape index (κ3) is 5.52. The first-order chi connectivity index (χ1) is 17.9. The van der Waals surface area contributed by atoms with E-state index in [1.807, 2.05) is 37.3 Å². The molecule has 9 heteroatoms. The Balaban J connectivity index is 1.41. The molecule has 0 spiro atoms. The lowest BCUT2D eigenvalue weighted by atomic mass is 10.0. The molecule has 194 valence electrons. The van der Waals surface area contributed by atoms with Gasteiger partial charge < -0.3 is 25.8 Å². The van der Waals surface area contributed by atoms with Crippen LogP contribution in [0.4, 0.5) is 5.82 Å². The summed E-state index contributed by atoms with van der Waals surface area (Å²) in [4.78, 5) is 30.5. The largest absolute Gasteiger partial charge is 0.490 e. The van der Waals surface area contributed by atoms with Gasteiger partial charge in [0.15, 0.2) is 5.82 Å². The fourth-order valence-electron chi connectivity index (χ4n) is 4.48. The minimum atomic E-state index is -0.630. The van der Waals surface area contributed by atoms with Crippen molar-refractivity contribution in [2.24, 2.45) is 0 Å². The van der Waals surface area contributed by atoms with Crippen LogP contribution in [0.5, 0.6) is 5.75 Å². The number of nitrogens with one attached hydrogen (secondary N) is 3. The molecule has 37 heavy (non-hydrogen) atoms. The van der Waals surface area contributed by atoms with E-state index in [2.05, 4.69) is 20.9 Å². The van der Waals surface area contributed by atoms with Crippen molar-refractivity contribution in [2.75, 3.05) is 25.5 Å². The number of likely N-dealkylation sites (N-methyl/N-ethyl adjacent to an activating group) is 1. The Bertz CT molecular complexity index is 1350. The summed E-state index contributed by atoms with van der Waals surface area (Å²) in [6.45, 7) is 2.51. The van der Waals surface area contributed by atoms with E-state index in [0.717, 1.165) is 36.8 Å². The van der Waals surface area contributed by atoms with E-state index in [9.17, 15) is 14.7 Å². The van der Waals surface area contributed by atoms with Gasteiger partial charge in [0.1, 0.15) is 18.5 Å². The first-order valence-corrected chi connectivity index (χ1v) is 12.7. The molecule has 0 saturated heterocycles. The van der Waals surface area contributed by atoms with Gasteiger partial charge in [-0.2, -0.15) is 0 Å². The minimum Gasteiger partial charge on any atom is -0.490 e. The van der Waals surface area contributed by atoms with Crippen LogP contribution in [0.1, 0.15) is 47.2 Å². The van der Waals surface area contributed by atoms with Crippen molar-refractivity contribution in [1.82, 2.24) is 20.2 Å². The smallest absolute Gasteiger partial charge is 0.297 e. The average Bonchev–Trinajstić information content (AvgIpc) is 3.83. The molecule has 1 heterocycles. The van der Waals surface area contributed by atoms with E-state index < -0.39 is 11.6 Å². The predicted molar refractivity (Wildman–Crippen MR) is 141 cm³/mol. The summed E-state index contributed by atoms with van der Waals surface area (Å²) < 4.78 is 7.48. The molecule has 2 aromatic carbocycles. The van der Waals surface area contributed by atoms with E-state index in [-0.39, 0.29) is 29.9 Å². The van der Waals surface area contributed by atoms with Crippen LogP contribution in [-0.2, 0) is 5.54 Å². The lowest BCUT2D eigenvalue weighted by molar-refractivity contribution is 0.0951. The van der Waals surface area contributed by atoms with Crippen LogP contribution in [0.3, 0.4) is 0 Å². The maximum atomic E-state index is 13.6. The standard InChI is InChI=1S/C28H33N5O4/c1-18-7-8-19(26(35)31-20-9-10-20)15-23(18)33-14-13-30-25(27(33)36)32-28(11-12-28)22-5-3-4-6-24(22)37-17-21(34)16-29-2/h3-8,13-15,20-21,29,34H,9-12,16-17H2,1-2H3,(H,30,32)(H,31,35)/t21-/m1/s1. The number of hydrogen-bond donors (Lipinski definition) is 4. The van der Waals surface area contributed by atoms with E-state index in [1.54, 1.807) is 31.6 Å². The number of nitrogens with zero attached hydrogens (tertiary/aromatic N) is 2. The summed E-state index contributed by atoms with van der Waals surface area (Å²) in [5, 5.41) is 19.4. The van der Waals surface area contributed by atoms with Crippen LogP contribution in [-0.4, -0.2) is 52.9 Å². The molecule has 5 rings (SSSR count). The second-order valence-electron chi connectivity index (χ2n) is 9.93. The Kier molecular flexibility index (Phi) is 6.99. The van der Waals surface area contributed by atoms with E-state index in [4.69, 9.17) is 4.74 Å². The van der Waals surface area contributed by atoms with E-state index in [1.165, 1.54) is 4.57 Å². The fraction of sp³-hybridized carbons (Fsp3) is 0.393. The number of aliphatic hydroxyl groups is 1. The van der Waals surface area contributed by atoms with Gasteiger partial charge in [-0.25, -0.2) is 4.98 Å². The summed E-state index contributed by atoms with van der Waals surface area (Å²) >= 11 is 0. The predicted octanol–water partition coefficient (Wildman–Crippen LogP) is 2.49. The number of aliphatic hydroxyl groups excluding tert-OH is 1. The second kappa shape index (κ2) is 10.4. The van der Waals surface area contributed by atoms with Crippen LogP contribution in [0.15, 0.2) is 59.7 Å². The number of anilines is 1. The molecular weight excluding hydrogens is 470 g/mol. The fourth-order valence-corrected chi connectivity index (χ4v) is 4.48. The summed E-state index contributed by atoms with van der Waals surface area (Å²) in [6, 6.07) is 13.3. The van der Waals surface area contributed by atoms with Crippen molar-refractivity contribution in [1.29, 1.82) is 0 Å². The normalized spacial score (nSPS) is 16.6. The van der Waals surface area contributed by atoms with E-state index in [0.29, 0.717) is 23.5 Å². The second-order valence-corrected chi connectivity index (χ2v) is 9.93. The van der Waals surface area contributed by atoms with Gasteiger partial charge in [0.05, 0.1) is 11.2 Å². The van der Waals surface area contributed by atoms with Gasteiger partial charge in [0.2, 0.25) is 0 Å². The highest BCUT2D eigenvalue weighted by Crippen LogP contribution is 2.50. The van der Waals surface area contributed by atoms with Gasteiger partial charge >= 0.3 is 0 Å². The number of para-hydroxylation sites is 1. The molecule has 2 fully saturated rings. The molecule has 0 radical (unpaired) electrons. The number of aryl methyl sites for hydroxylation is 1. The Morgan fingerprint density at radius 1 is 1.24 bits per heavy atom. The molecule has 0 aliphatic heterocycles. The van der Waals surface area contributed by atoms with Crippen LogP contribution in [0.2, 0.25) is 0 Å². The molecule has 2 aliphatic carbocycles. The molecule has 0 unspecified atom stereocenters. The zero-order chi connectivity index (χ0) is 26.0. The molecule has 1 aromatic heterocycles. The maximum Gasteiger partial charge on any atom is 0.297 e. The lowest BCUT2D eigenvalue weighted by Crippen LogP contribution is -2.31. The van der Waals surface area contributed by atoms with Gasteiger partial charge in [-0.05, 0) is 63.4 Å². The SMILES string of the molecule is CNC[C@@H](O)COc1ccccc1C1(Nc2nccn(-c3cc(C(=O)NC4CC4)ccc3C)c2=O)CC1. The monoisotopic (exact) mass is 503 g/mol. The third-order valence-electron chi connectivity index (χ3n) is 6.87. The van der Waals surface area contributed by atoms with Crippen molar-refractivity contribution in [2.45, 2.75) is 50.3 Å². The highest BCUT2D eigenvalue weighted by molar-refractivity contribution is 5.95. The first-order valence-electron chi connectivity index (χ1n) is 12.7. The molecule has 1 atom stereocenters. The Labute approximate surface area is 215 Å². The number of rotatable bonds is 11. The van der Waals surface area contributed by atoms with Crippen LogP contribution >= 0.6 is 0 Å². The molecule has 1 amide bonds. The summed E-state index contributed by atoms with van der Waals surface area (Å²) in [5.74, 6) is 0.777. The maximum absolute atomic E-state index is 13.6. The summed E-state index contributed by atoms with van der Waals surface area (Å²) in [6.07, 6.45) is 6.24. The van der Waals surface area contributed by atoms with Gasteiger partial charge in [0.25, 0.3) is 11.5 Å². The molecule has 0 bridgehead atoms. The van der Waals surface area contributed by atoms with Gasteiger partial charge in [-0.3, -0.25) is 14.2 Å².